The molecule has 0 fully saturated rings. The summed E-state index contributed by atoms with van der Waals surface area (Å²) < 4.78 is 4.89. The zero-order valence-corrected chi connectivity index (χ0v) is 36.5. The number of hydrogen-bond acceptors (Lipinski definition) is 0. The first-order valence-electron chi connectivity index (χ1n) is 22.3. The van der Waals surface area contributed by atoms with Gasteiger partial charge in [-0.1, -0.05) is 164 Å². The lowest BCUT2D eigenvalue weighted by Crippen LogP contribution is -2.28. The van der Waals surface area contributed by atoms with Gasteiger partial charge in [-0.15, -0.1) is 0 Å². The maximum Gasteiger partial charge on any atom is 0.0714 e. The summed E-state index contributed by atoms with van der Waals surface area (Å²) >= 11 is 0. The van der Waals surface area contributed by atoms with Crippen molar-refractivity contribution in [2.75, 3.05) is 0 Å². The van der Waals surface area contributed by atoms with Crippen molar-refractivity contribution in [2.24, 2.45) is 0 Å². The Kier molecular flexibility index (Phi) is 9.59. The molecule has 0 saturated carbocycles. The molecular formula is C62H48N2. The van der Waals surface area contributed by atoms with Crippen molar-refractivity contribution in [3.8, 4) is 33.6 Å². The van der Waals surface area contributed by atoms with E-state index in [-0.39, 0.29) is 0 Å². The van der Waals surface area contributed by atoms with E-state index in [1.165, 1.54) is 99.6 Å². The van der Waals surface area contributed by atoms with Crippen LogP contribution in [0.4, 0.5) is 0 Å². The Morgan fingerprint density at radius 1 is 0.484 bits per heavy atom. The van der Waals surface area contributed by atoms with E-state index in [9.17, 15) is 0 Å². The van der Waals surface area contributed by atoms with Gasteiger partial charge in [0.1, 0.15) is 0 Å². The predicted octanol–water partition coefficient (Wildman–Crippen LogP) is 16.3. The molecule has 2 aromatic heterocycles. The molecule has 0 saturated heterocycles. The maximum absolute atomic E-state index is 4.23. The van der Waals surface area contributed by atoms with Gasteiger partial charge in [0.25, 0.3) is 0 Å². The summed E-state index contributed by atoms with van der Waals surface area (Å²) in [5.74, 6) is 0. The molecule has 8 aromatic carbocycles. The van der Waals surface area contributed by atoms with Gasteiger partial charge in [0.15, 0.2) is 0 Å². The minimum Gasteiger partial charge on any atom is -0.310 e. The Balaban J connectivity index is 1.13. The average Bonchev–Trinajstić information content (AvgIpc) is 3.93. The molecule has 2 nitrogen and oxygen atoms in total. The quantitative estimate of drug-likeness (QED) is 0.145. The molecule has 0 bridgehead atoms. The maximum atomic E-state index is 4.23. The van der Waals surface area contributed by atoms with E-state index in [0.717, 1.165) is 11.4 Å². The van der Waals surface area contributed by atoms with Crippen LogP contribution in [-0.2, 0) is 5.41 Å². The molecule has 306 valence electrons. The second-order valence-corrected chi connectivity index (χ2v) is 16.8. The summed E-state index contributed by atoms with van der Waals surface area (Å²) in [6.45, 7) is 10.8. The number of aromatic nitrogens is 2. The summed E-state index contributed by atoms with van der Waals surface area (Å²) in [6.07, 6.45) is 10.9. The molecule has 1 aliphatic carbocycles. The van der Waals surface area contributed by atoms with Crippen LogP contribution in [0.2, 0.25) is 0 Å². The van der Waals surface area contributed by atoms with Crippen molar-refractivity contribution in [3.63, 3.8) is 0 Å². The standard InChI is InChI=1S/C62H48N2/c1-5-20-56-51(7-3)53-40-52-42(4)58(21-6-2)63(61(52)41-57(53)62(56,47-26-16-10-17-27-47)48-28-18-11-19-29-48)49-32-34-50(35-33-49)64-59-36-30-45(43-22-12-8-13-23-43)38-54(59)55-39-46(31-37-60(55)64)44-24-14-9-15-25-44/h5-41H,1H2,2-4H3/b21-6-,51-7-,56-20+. The molecule has 0 amide bonds. The number of aryl methyl sites for hydroxylation is 1. The fourth-order valence-corrected chi connectivity index (χ4v) is 10.7. The topological polar surface area (TPSA) is 9.86 Å². The Morgan fingerprint density at radius 2 is 0.984 bits per heavy atom. The van der Waals surface area contributed by atoms with Crippen molar-refractivity contribution in [3.05, 3.63) is 264 Å². The van der Waals surface area contributed by atoms with Gasteiger partial charge in [0.2, 0.25) is 0 Å². The van der Waals surface area contributed by atoms with Crippen LogP contribution >= 0.6 is 0 Å². The zero-order valence-electron chi connectivity index (χ0n) is 36.5. The summed E-state index contributed by atoms with van der Waals surface area (Å²) in [7, 11) is 0. The number of allylic oxidation sites excluding steroid dienone is 6. The molecule has 11 rings (SSSR count). The molecule has 0 aliphatic heterocycles. The summed E-state index contributed by atoms with van der Waals surface area (Å²) in [5, 5.41) is 3.72. The van der Waals surface area contributed by atoms with Crippen molar-refractivity contribution in [1.82, 2.24) is 9.13 Å². The van der Waals surface area contributed by atoms with Crippen molar-refractivity contribution >= 4 is 44.4 Å². The summed E-state index contributed by atoms with van der Waals surface area (Å²) in [6, 6.07) is 71.3. The number of nitrogens with zero attached hydrogens (tertiary/aromatic N) is 2. The van der Waals surface area contributed by atoms with Crippen molar-refractivity contribution in [2.45, 2.75) is 26.2 Å². The van der Waals surface area contributed by atoms with Gasteiger partial charge in [-0.2, -0.15) is 0 Å². The van der Waals surface area contributed by atoms with E-state index in [2.05, 4.69) is 255 Å². The summed E-state index contributed by atoms with van der Waals surface area (Å²) in [5.41, 5.74) is 20.0. The first-order chi connectivity index (χ1) is 31.5. The van der Waals surface area contributed by atoms with Crippen LogP contribution in [0, 0.1) is 6.92 Å². The van der Waals surface area contributed by atoms with E-state index in [4.69, 9.17) is 0 Å². The van der Waals surface area contributed by atoms with Crippen LogP contribution in [-0.4, -0.2) is 9.13 Å². The highest BCUT2D eigenvalue weighted by molar-refractivity contribution is 6.12. The van der Waals surface area contributed by atoms with Gasteiger partial charge >= 0.3 is 0 Å². The smallest absolute Gasteiger partial charge is 0.0714 e. The zero-order chi connectivity index (χ0) is 43.4. The van der Waals surface area contributed by atoms with Gasteiger partial charge in [0, 0.05) is 33.2 Å². The van der Waals surface area contributed by atoms with Gasteiger partial charge in [0.05, 0.1) is 22.0 Å². The Labute approximate surface area is 375 Å². The van der Waals surface area contributed by atoms with Crippen LogP contribution in [0.3, 0.4) is 0 Å². The van der Waals surface area contributed by atoms with Crippen LogP contribution in [0.15, 0.2) is 231 Å². The van der Waals surface area contributed by atoms with Gasteiger partial charge < -0.3 is 9.13 Å². The van der Waals surface area contributed by atoms with Crippen LogP contribution in [0.5, 0.6) is 0 Å². The van der Waals surface area contributed by atoms with Crippen LogP contribution in [0.1, 0.15) is 47.4 Å². The monoisotopic (exact) mass is 820 g/mol. The third-order valence-corrected chi connectivity index (χ3v) is 13.5. The third-order valence-electron chi connectivity index (χ3n) is 13.5. The molecule has 2 heteroatoms. The Bertz CT molecular complexity index is 3350. The largest absolute Gasteiger partial charge is 0.310 e. The van der Waals surface area contributed by atoms with E-state index in [1.54, 1.807) is 0 Å². The number of rotatable bonds is 8. The van der Waals surface area contributed by atoms with Crippen LogP contribution < -0.4 is 0 Å². The predicted molar refractivity (Wildman–Crippen MR) is 273 cm³/mol. The number of benzene rings is 8. The average molecular weight is 821 g/mol. The molecule has 0 atom stereocenters. The molecule has 1 aliphatic rings. The fourth-order valence-electron chi connectivity index (χ4n) is 10.7. The van der Waals surface area contributed by atoms with Gasteiger partial charge in [-0.3, -0.25) is 0 Å². The van der Waals surface area contributed by atoms with Gasteiger partial charge in [-0.05, 0) is 149 Å². The molecule has 10 aromatic rings. The highest BCUT2D eigenvalue weighted by Gasteiger charge is 2.48. The highest BCUT2D eigenvalue weighted by atomic mass is 15.0. The van der Waals surface area contributed by atoms with E-state index in [1.807, 2.05) is 6.08 Å². The number of hydrogen-bond donors (Lipinski definition) is 0. The molecule has 0 spiro atoms. The van der Waals surface area contributed by atoms with E-state index in [0.29, 0.717) is 0 Å². The van der Waals surface area contributed by atoms with Crippen molar-refractivity contribution < 1.29 is 0 Å². The first kappa shape index (κ1) is 38.9. The fraction of sp³-hybridized carbons (Fsp3) is 0.0645. The molecule has 0 radical (unpaired) electrons. The number of fused-ring (bicyclic) bond motifs is 5. The molecule has 0 N–H and O–H groups in total. The van der Waals surface area contributed by atoms with Crippen LogP contribution in [0.25, 0.3) is 78.0 Å². The SMILES string of the molecule is C=C/C=C1\C(=C/C)c2cc3c(C)c(/C=C\C)n(-c4ccc(-n5c6ccc(-c7ccccc7)cc6c6cc(-c7ccccc7)ccc65)cc4)c3cc2C1(c1ccccc1)c1ccccc1. The molecule has 0 unspecified atom stereocenters. The Morgan fingerprint density at radius 3 is 1.47 bits per heavy atom. The second-order valence-electron chi connectivity index (χ2n) is 16.8. The Hall–Kier alpha value is -7.94. The minimum atomic E-state index is -0.549. The molecular weight excluding hydrogens is 773 g/mol. The second kappa shape index (κ2) is 15.8. The van der Waals surface area contributed by atoms with Crippen molar-refractivity contribution in [1.29, 1.82) is 0 Å². The lowest BCUT2D eigenvalue weighted by atomic mass is 9.67. The summed E-state index contributed by atoms with van der Waals surface area (Å²) in [4.78, 5) is 0. The first-order valence-corrected chi connectivity index (χ1v) is 22.3. The van der Waals surface area contributed by atoms with E-state index < -0.39 is 5.41 Å². The van der Waals surface area contributed by atoms with Gasteiger partial charge in [-0.25, -0.2) is 0 Å². The molecule has 2 heterocycles. The van der Waals surface area contributed by atoms with E-state index >= 15 is 0 Å². The normalized spacial score (nSPS) is 14.7. The highest BCUT2D eigenvalue weighted by Crippen LogP contribution is 2.58. The lowest BCUT2D eigenvalue weighted by molar-refractivity contribution is 0.770. The minimum absolute atomic E-state index is 0.549. The third kappa shape index (κ3) is 5.94. The lowest BCUT2D eigenvalue weighted by Gasteiger charge is -2.34. The molecule has 64 heavy (non-hydrogen) atoms.